The zero-order chi connectivity index (χ0) is 16.8. The van der Waals surface area contributed by atoms with Gasteiger partial charge in [-0.2, -0.15) is 0 Å². The van der Waals surface area contributed by atoms with Crippen molar-refractivity contribution in [2.45, 2.75) is 19.9 Å². The minimum absolute atomic E-state index is 0.0135. The monoisotopic (exact) mass is 394 g/mol. The number of aryl methyl sites for hydroxylation is 1. The molecule has 0 unspecified atom stereocenters. The van der Waals surface area contributed by atoms with Gasteiger partial charge in [0, 0.05) is 30.5 Å². The summed E-state index contributed by atoms with van der Waals surface area (Å²) >= 11 is 5.03. The maximum absolute atomic E-state index is 12.1. The third-order valence-electron chi connectivity index (χ3n) is 3.46. The zero-order valence-electron chi connectivity index (χ0n) is 13.1. The molecule has 0 aliphatic carbocycles. The molecule has 0 fully saturated rings. The van der Waals surface area contributed by atoms with Crippen molar-refractivity contribution in [2.75, 3.05) is 13.6 Å². The number of rotatable bonds is 6. The molecule has 2 aromatic rings. The quantitative estimate of drug-likeness (QED) is 0.813. The Bertz CT molecular complexity index is 699. The van der Waals surface area contributed by atoms with Gasteiger partial charge in [0.1, 0.15) is 0 Å². The van der Waals surface area contributed by atoms with E-state index in [0.717, 1.165) is 14.2 Å². The summed E-state index contributed by atoms with van der Waals surface area (Å²) in [5.74, 6) is -0.125. The van der Waals surface area contributed by atoms with Crippen molar-refractivity contribution in [1.29, 1.82) is 0 Å². The van der Waals surface area contributed by atoms with Crippen LogP contribution in [0.3, 0.4) is 0 Å². The number of carbonyl (C=O) groups excluding carboxylic acids is 2. The number of carbonyl (C=O) groups is 2. The summed E-state index contributed by atoms with van der Waals surface area (Å²) in [5, 5.41) is 2.80. The molecule has 6 heteroatoms. The standard InChI is InChI=1S/C17H19BrN2O2S/c1-12-5-3-4-6-14(12)17(22)19-10-9-16(21)20(2)11-13-7-8-15(18)23-13/h3-8H,9-11H2,1-2H3,(H,19,22). The second kappa shape index (κ2) is 8.26. The fourth-order valence-electron chi connectivity index (χ4n) is 2.16. The molecule has 4 nitrogen and oxygen atoms in total. The maximum atomic E-state index is 12.1. The zero-order valence-corrected chi connectivity index (χ0v) is 15.5. The van der Waals surface area contributed by atoms with Crippen molar-refractivity contribution < 1.29 is 9.59 Å². The fraction of sp³-hybridized carbons (Fsp3) is 0.294. The molecule has 122 valence electrons. The van der Waals surface area contributed by atoms with E-state index in [1.54, 1.807) is 29.4 Å². The molecule has 0 bridgehead atoms. The van der Waals surface area contributed by atoms with Crippen molar-refractivity contribution >= 4 is 39.1 Å². The summed E-state index contributed by atoms with van der Waals surface area (Å²) in [6.45, 7) is 2.82. The molecule has 0 saturated heterocycles. The first kappa shape index (κ1) is 17.7. The highest BCUT2D eigenvalue weighted by molar-refractivity contribution is 9.11. The van der Waals surface area contributed by atoms with Gasteiger partial charge in [-0.3, -0.25) is 9.59 Å². The van der Waals surface area contributed by atoms with E-state index in [0.29, 0.717) is 25.1 Å². The lowest BCUT2D eigenvalue weighted by atomic mass is 10.1. The van der Waals surface area contributed by atoms with E-state index in [1.165, 1.54) is 0 Å². The van der Waals surface area contributed by atoms with Crippen LogP contribution in [0.2, 0.25) is 0 Å². The Hall–Kier alpha value is -1.66. The Morgan fingerprint density at radius 2 is 1.96 bits per heavy atom. The fourth-order valence-corrected chi connectivity index (χ4v) is 3.69. The van der Waals surface area contributed by atoms with E-state index in [9.17, 15) is 9.59 Å². The van der Waals surface area contributed by atoms with Gasteiger partial charge in [-0.15, -0.1) is 11.3 Å². The molecule has 0 aliphatic heterocycles. The first-order chi connectivity index (χ1) is 11.0. The third-order valence-corrected chi connectivity index (χ3v) is 5.07. The van der Waals surface area contributed by atoms with Gasteiger partial charge in [0.2, 0.25) is 5.91 Å². The van der Waals surface area contributed by atoms with Crippen molar-refractivity contribution in [1.82, 2.24) is 10.2 Å². The van der Waals surface area contributed by atoms with Crippen LogP contribution >= 0.6 is 27.3 Å². The summed E-state index contributed by atoms with van der Waals surface area (Å²) in [6, 6.07) is 11.4. The SMILES string of the molecule is Cc1ccccc1C(=O)NCCC(=O)N(C)Cc1ccc(Br)s1. The number of halogens is 1. The van der Waals surface area contributed by atoms with Gasteiger partial charge >= 0.3 is 0 Å². The average molecular weight is 395 g/mol. The molecule has 0 spiro atoms. The summed E-state index contributed by atoms with van der Waals surface area (Å²) in [6.07, 6.45) is 0.292. The number of amides is 2. The van der Waals surface area contributed by atoms with Crippen molar-refractivity contribution in [2.24, 2.45) is 0 Å². The summed E-state index contributed by atoms with van der Waals surface area (Å²) in [4.78, 5) is 27.0. The predicted molar refractivity (Wildman–Crippen MR) is 96.6 cm³/mol. The van der Waals surface area contributed by atoms with Gasteiger partial charge < -0.3 is 10.2 Å². The lowest BCUT2D eigenvalue weighted by Gasteiger charge is -2.16. The molecule has 2 rings (SSSR count). The van der Waals surface area contributed by atoms with Crippen LogP contribution in [0.4, 0.5) is 0 Å². The van der Waals surface area contributed by atoms with Gasteiger partial charge in [-0.1, -0.05) is 18.2 Å². The van der Waals surface area contributed by atoms with Crippen LogP contribution in [-0.2, 0) is 11.3 Å². The number of nitrogens with one attached hydrogen (secondary N) is 1. The van der Waals surface area contributed by atoms with Crippen LogP contribution in [0.15, 0.2) is 40.2 Å². The van der Waals surface area contributed by atoms with Crippen molar-refractivity contribution in [3.8, 4) is 0 Å². The second-order valence-corrected chi connectivity index (χ2v) is 7.82. The van der Waals surface area contributed by atoms with Crippen LogP contribution < -0.4 is 5.32 Å². The van der Waals surface area contributed by atoms with E-state index < -0.39 is 0 Å². The number of hydrogen-bond acceptors (Lipinski definition) is 3. The molecule has 23 heavy (non-hydrogen) atoms. The molecule has 1 aromatic heterocycles. The Morgan fingerprint density at radius 3 is 2.61 bits per heavy atom. The van der Waals surface area contributed by atoms with Gasteiger partial charge in [-0.05, 0) is 46.6 Å². The molecule has 0 radical (unpaired) electrons. The Morgan fingerprint density at radius 1 is 1.22 bits per heavy atom. The molecule has 1 N–H and O–H groups in total. The highest BCUT2D eigenvalue weighted by Crippen LogP contribution is 2.23. The molecule has 2 amide bonds. The predicted octanol–water partition coefficient (Wildman–Crippen LogP) is 3.60. The Kier molecular flexibility index (Phi) is 6.36. The van der Waals surface area contributed by atoms with E-state index in [-0.39, 0.29) is 11.8 Å². The van der Waals surface area contributed by atoms with E-state index in [4.69, 9.17) is 0 Å². The van der Waals surface area contributed by atoms with E-state index in [1.807, 2.05) is 37.3 Å². The number of thiophene rings is 1. The van der Waals surface area contributed by atoms with E-state index >= 15 is 0 Å². The molecule has 0 saturated carbocycles. The number of nitrogens with zero attached hydrogens (tertiary/aromatic N) is 1. The molecular formula is C17H19BrN2O2S. The maximum Gasteiger partial charge on any atom is 0.251 e. The summed E-state index contributed by atoms with van der Waals surface area (Å²) < 4.78 is 1.05. The molecule has 1 aromatic carbocycles. The molecule has 0 aliphatic rings. The smallest absolute Gasteiger partial charge is 0.251 e. The van der Waals surface area contributed by atoms with E-state index in [2.05, 4.69) is 21.2 Å². The lowest BCUT2D eigenvalue weighted by Crippen LogP contribution is -2.32. The van der Waals surface area contributed by atoms with Crippen LogP contribution in [-0.4, -0.2) is 30.3 Å². The van der Waals surface area contributed by atoms with Gasteiger partial charge in [0.05, 0.1) is 10.3 Å². The molecular weight excluding hydrogens is 376 g/mol. The topological polar surface area (TPSA) is 49.4 Å². The van der Waals surface area contributed by atoms with Gasteiger partial charge in [-0.25, -0.2) is 0 Å². The van der Waals surface area contributed by atoms with Crippen LogP contribution in [0.5, 0.6) is 0 Å². The van der Waals surface area contributed by atoms with Crippen LogP contribution in [0.25, 0.3) is 0 Å². The molecule has 0 atom stereocenters. The number of hydrogen-bond donors (Lipinski definition) is 1. The molecule has 1 heterocycles. The summed E-state index contributed by atoms with van der Waals surface area (Å²) in [7, 11) is 1.78. The lowest BCUT2D eigenvalue weighted by molar-refractivity contribution is -0.130. The Balaban J connectivity index is 1.78. The van der Waals surface area contributed by atoms with Crippen LogP contribution in [0, 0.1) is 6.92 Å². The average Bonchev–Trinajstić information content (AvgIpc) is 2.92. The number of benzene rings is 1. The second-order valence-electron chi connectivity index (χ2n) is 5.28. The third kappa shape index (κ3) is 5.18. The minimum atomic E-state index is -0.138. The first-order valence-corrected chi connectivity index (χ1v) is 8.90. The highest BCUT2D eigenvalue weighted by Gasteiger charge is 2.12. The van der Waals surface area contributed by atoms with Gasteiger partial charge in [0.25, 0.3) is 5.91 Å². The highest BCUT2D eigenvalue weighted by atomic mass is 79.9. The van der Waals surface area contributed by atoms with Crippen molar-refractivity contribution in [3.63, 3.8) is 0 Å². The minimum Gasteiger partial charge on any atom is -0.352 e. The first-order valence-electron chi connectivity index (χ1n) is 7.29. The van der Waals surface area contributed by atoms with Crippen molar-refractivity contribution in [3.05, 3.63) is 56.2 Å². The van der Waals surface area contributed by atoms with Crippen LogP contribution in [0.1, 0.15) is 27.2 Å². The Labute approximate surface area is 148 Å². The van der Waals surface area contributed by atoms with Gasteiger partial charge in [0.15, 0.2) is 0 Å². The largest absolute Gasteiger partial charge is 0.352 e. The summed E-state index contributed by atoms with van der Waals surface area (Å²) in [5.41, 5.74) is 1.58. The normalized spacial score (nSPS) is 10.4.